The van der Waals surface area contributed by atoms with Crippen molar-refractivity contribution < 1.29 is 34.0 Å². The Bertz CT molecular complexity index is 1130. The molecular formula is C18H21ClN5O7P. The minimum absolute atomic E-state index is 0.0515. The topological polar surface area (TPSA) is 172 Å². The van der Waals surface area contributed by atoms with E-state index in [-0.39, 0.29) is 17.5 Å². The summed E-state index contributed by atoms with van der Waals surface area (Å²) in [6, 6.07) is 9.66. The van der Waals surface area contributed by atoms with Gasteiger partial charge in [-0.3, -0.25) is 4.57 Å². The molecule has 14 heteroatoms. The largest absolute Gasteiger partial charge is 0.387 e. The Morgan fingerprint density at radius 3 is 2.66 bits per heavy atom. The second-order valence-electron chi connectivity index (χ2n) is 7.22. The number of hydrogen-bond acceptors (Lipinski definition) is 9. The van der Waals surface area contributed by atoms with E-state index in [1.165, 1.54) is 10.9 Å². The third-order valence-electron chi connectivity index (χ3n) is 4.85. The number of nitrogens with one attached hydrogen (secondary N) is 1. The van der Waals surface area contributed by atoms with Gasteiger partial charge in [0, 0.05) is 6.54 Å². The molecule has 3 aromatic rings. The zero-order valence-corrected chi connectivity index (χ0v) is 18.2. The van der Waals surface area contributed by atoms with E-state index in [0.717, 1.165) is 5.56 Å². The quantitative estimate of drug-likeness (QED) is 0.226. The van der Waals surface area contributed by atoms with Crippen molar-refractivity contribution in [1.29, 1.82) is 0 Å². The van der Waals surface area contributed by atoms with Gasteiger partial charge < -0.3 is 34.8 Å². The van der Waals surface area contributed by atoms with E-state index in [0.29, 0.717) is 17.7 Å². The second kappa shape index (κ2) is 9.38. The van der Waals surface area contributed by atoms with E-state index in [1.54, 1.807) is 0 Å². The fraction of sp³-hybridized carbons (Fsp3) is 0.389. The normalized spacial score (nSPS) is 23.7. The Balaban J connectivity index is 1.54. The highest BCUT2D eigenvalue weighted by atomic mass is 35.5. The first kappa shape index (κ1) is 23.0. The molecule has 172 valence electrons. The summed E-state index contributed by atoms with van der Waals surface area (Å²) >= 11 is 6.10. The van der Waals surface area contributed by atoms with Gasteiger partial charge in [0.1, 0.15) is 30.5 Å². The Morgan fingerprint density at radius 1 is 1.19 bits per heavy atom. The van der Waals surface area contributed by atoms with Crippen LogP contribution in [0, 0.1) is 0 Å². The van der Waals surface area contributed by atoms with E-state index in [4.69, 9.17) is 30.9 Å². The molecule has 0 aliphatic carbocycles. The molecule has 0 radical (unpaired) electrons. The molecular weight excluding hydrogens is 465 g/mol. The summed E-state index contributed by atoms with van der Waals surface area (Å²) in [7, 11) is -4.37. The molecule has 2 aromatic heterocycles. The van der Waals surface area contributed by atoms with Gasteiger partial charge in [0.2, 0.25) is 5.28 Å². The molecule has 0 amide bonds. The lowest BCUT2D eigenvalue weighted by atomic mass is 10.1. The summed E-state index contributed by atoms with van der Waals surface area (Å²) in [6.07, 6.45) is -4.27. The third-order valence-corrected chi connectivity index (χ3v) is 5.54. The second-order valence-corrected chi connectivity index (χ2v) is 9.14. The number of ether oxygens (including phenoxy) is 2. The number of anilines is 1. The molecule has 5 N–H and O–H groups in total. The third kappa shape index (κ3) is 5.08. The molecule has 32 heavy (non-hydrogen) atoms. The molecule has 1 saturated heterocycles. The van der Waals surface area contributed by atoms with Gasteiger partial charge >= 0.3 is 7.60 Å². The maximum Gasteiger partial charge on any atom is 0.350 e. The highest BCUT2D eigenvalue weighted by Gasteiger charge is 2.45. The van der Waals surface area contributed by atoms with Gasteiger partial charge in [0.25, 0.3) is 0 Å². The molecule has 3 heterocycles. The standard InChI is InChI=1S/C18H21ClN5O7P/c19-18-22-15(20-6-10-4-2-1-3-5-10)11-7-21-24(16(11)23-18)17-14(26)13(25)12(31-17)8-30-9-32(27,28)29/h1-5,7,12-14,17,25-26H,6,8-9H2,(H,20,22,23)(H2,27,28,29)/t12-,13-,14-,17-/m1/s1. The summed E-state index contributed by atoms with van der Waals surface area (Å²) in [5, 5.41) is 28.6. The average molecular weight is 486 g/mol. The minimum atomic E-state index is -4.37. The number of aliphatic hydroxyl groups excluding tert-OH is 2. The number of hydrogen-bond donors (Lipinski definition) is 5. The smallest absolute Gasteiger partial charge is 0.350 e. The highest BCUT2D eigenvalue weighted by molar-refractivity contribution is 7.51. The van der Waals surface area contributed by atoms with E-state index < -0.39 is 38.5 Å². The van der Waals surface area contributed by atoms with Gasteiger partial charge in [-0.25, -0.2) is 4.68 Å². The first-order valence-electron chi connectivity index (χ1n) is 9.55. The summed E-state index contributed by atoms with van der Waals surface area (Å²) < 4.78 is 22.8. The molecule has 1 aromatic carbocycles. The number of nitrogens with zero attached hydrogens (tertiary/aromatic N) is 4. The van der Waals surface area contributed by atoms with Gasteiger partial charge in [0.15, 0.2) is 11.9 Å². The first-order valence-corrected chi connectivity index (χ1v) is 11.7. The molecule has 0 saturated carbocycles. The fourth-order valence-corrected chi connectivity index (χ4v) is 3.87. The van der Waals surface area contributed by atoms with Crippen molar-refractivity contribution in [3.8, 4) is 0 Å². The van der Waals surface area contributed by atoms with E-state index in [9.17, 15) is 14.8 Å². The summed E-state index contributed by atoms with van der Waals surface area (Å²) in [4.78, 5) is 26.2. The maximum atomic E-state index is 10.9. The van der Waals surface area contributed by atoms with Crippen LogP contribution in [0.3, 0.4) is 0 Å². The fourth-order valence-electron chi connectivity index (χ4n) is 3.36. The Hall–Kier alpha value is -2.15. The van der Waals surface area contributed by atoms with E-state index >= 15 is 0 Å². The van der Waals surface area contributed by atoms with Crippen molar-refractivity contribution in [2.24, 2.45) is 0 Å². The zero-order chi connectivity index (χ0) is 22.9. The molecule has 12 nitrogen and oxygen atoms in total. The van der Waals surface area contributed by atoms with Crippen LogP contribution in [0.1, 0.15) is 11.8 Å². The molecule has 0 unspecified atom stereocenters. The van der Waals surface area contributed by atoms with Crippen LogP contribution in [0.5, 0.6) is 0 Å². The van der Waals surface area contributed by atoms with Crippen molar-refractivity contribution >= 4 is 36.0 Å². The molecule has 4 atom stereocenters. The van der Waals surface area contributed by atoms with Crippen LogP contribution in [0.2, 0.25) is 5.28 Å². The van der Waals surface area contributed by atoms with E-state index in [1.807, 2.05) is 30.3 Å². The summed E-state index contributed by atoms with van der Waals surface area (Å²) in [5.74, 6) is 0.435. The number of aromatic nitrogens is 4. The Morgan fingerprint density at radius 2 is 1.94 bits per heavy atom. The van der Waals surface area contributed by atoms with Crippen molar-refractivity contribution in [1.82, 2.24) is 19.7 Å². The minimum Gasteiger partial charge on any atom is -0.387 e. The molecule has 1 aliphatic heterocycles. The van der Waals surface area contributed by atoms with Crippen LogP contribution in [0.4, 0.5) is 5.82 Å². The first-order chi connectivity index (χ1) is 15.2. The number of benzene rings is 1. The Kier molecular flexibility index (Phi) is 6.75. The van der Waals surface area contributed by atoms with Crippen molar-refractivity contribution in [3.63, 3.8) is 0 Å². The molecule has 0 spiro atoms. The predicted octanol–water partition coefficient (Wildman–Crippen LogP) is 0.863. The van der Waals surface area contributed by atoms with Crippen LogP contribution in [-0.2, 0) is 20.6 Å². The van der Waals surface area contributed by atoms with Crippen LogP contribution in [0.25, 0.3) is 11.0 Å². The lowest BCUT2D eigenvalue weighted by Gasteiger charge is -2.16. The van der Waals surface area contributed by atoms with Crippen LogP contribution >= 0.6 is 19.2 Å². The highest BCUT2D eigenvalue weighted by Crippen LogP contribution is 2.36. The number of fused-ring (bicyclic) bond motifs is 1. The van der Waals surface area contributed by atoms with Gasteiger partial charge in [-0.1, -0.05) is 30.3 Å². The van der Waals surface area contributed by atoms with Crippen LogP contribution in [0.15, 0.2) is 36.5 Å². The number of halogens is 1. The lowest BCUT2D eigenvalue weighted by molar-refractivity contribution is -0.0658. The molecule has 0 bridgehead atoms. The van der Waals surface area contributed by atoms with E-state index in [2.05, 4.69) is 20.4 Å². The van der Waals surface area contributed by atoms with Crippen LogP contribution in [-0.4, -0.2) is 71.0 Å². The monoisotopic (exact) mass is 485 g/mol. The summed E-state index contributed by atoms with van der Waals surface area (Å²) in [6.45, 7) is 0.146. The molecule has 1 aliphatic rings. The van der Waals surface area contributed by atoms with Crippen molar-refractivity contribution in [2.45, 2.75) is 31.1 Å². The molecule has 4 rings (SSSR count). The SMILES string of the molecule is O=P(O)(O)COC[C@H]1O[C@@H](n2ncc3c(NCc4ccccc4)nc(Cl)nc32)[C@H](O)[C@@H]1O. The van der Waals surface area contributed by atoms with Gasteiger partial charge in [-0.15, -0.1) is 0 Å². The van der Waals surface area contributed by atoms with Gasteiger partial charge in [0.05, 0.1) is 18.2 Å². The van der Waals surface area contributed by atoms with Crippen molar-refractivity contribution in [2.75, 3.05) is 18.3 Å². The zero-order valence-electron chi connectivity index (χ0n) is 16.5. The van der Waals surface area contributed by atoms with Gasteiger partial charge in [-0.2, -0.15) is 15.1 Å². The van der Waals surface area contributed by atoms with Crippen molar-refractivity contribution in [3.05, 3.63) is 47.4 Å². The molecule has 1 fully saturated rings. The number of aliphatic hydroxyl groups is 2. The number of rotatable bonds is 8. The maximum absolute atomic E-state index is 10.9. The van der Waals surface area contributed by atoms with Crippen LogP contribution < -0.4 is 5.32 Å². The van der Waals surface area contributed by atoms with Gasteiger partial charge in [-0.05, 0) is 17.2 Å². The predicted molar refractivity (Wildman–Crippen MR) is 113 cm³/mol. The lowest BCUT2D eigenvalue weighted by Crippen LogP contribution is -2.34. The average Bonchev–Trinajstić information content (AvgIpc) is 3.28. The summed E-state index contributed by atoms with van der Waals surface area (Å²) in [5.41, 5.74) is 1.30. The Labute approximate surface area is 186 Å².